The molecule has 0 amide bonds. The highest BCUT2D eigenvalue weighted by Crippen LogP contribution is 2.41. The summed E-state index contributed by atoms with van der Waals surface area (Å²) in [4.78, 5) is 0. The number of nitrogens with one attached hydrogen (secondary N) is 1. The van der Waals surface area contributed by atoms with Gasteiger partial charge in [0.2, 0.25) is 0 Å². The van der Waals surface area contributed by atoms with E-state index in [0.717, 1.165) is 22.4 Å². The van der Waals surface area contributed by atoms with Crippen molar-refractivity contribution in [1.29, 1.82) is 0 Å². The Kier molecular flexibility index (Phi) is 5.29. The quantitative estimate of drug-likeness (QED) is 0.591. The summed E-state index contributed by atoms with van der Waals surface area (Å²) in [7, 11) is 0. The minimum absolute atomic E-state index is 0.181. The van der Waals surface area contributed by atoms with E-state index in [4.69, 9.17) is 11.6 Å². The Morgan fingerprint density at radius 2 is 1.40 bits per heavy atom. The van der Waals surface area contributed by atoms with E-state index < -0.39 is 0 Å². The monoisotopic (exact) mass is 361 g/mol. The highest BCUT2D eigenvalue weighted by molar-refractivity contribution is 6.30. The maximum Gasteiger partial charge on any atom is 0.123 e. The fraction of sp³-hybridized carbons (Fsp3) is 0.429. The van der Waals surface area contributed by atoms with Crippen molar-refractivity contribution in [2.24, 2.45) is 0 Å². The normalized spacial score (nSPS) is 12.3. The SMILES string of the molecule is CC(C)(C)c1cc(NCc2cc(Cl)ccc2O)cc(C(C)(C)C)c1O. The summed E-state index contributed by atoms with van der Waals surface area (Å²) in [5.41, 5.74) is 3.08. The Balaban J connectivity index is 2.42. The number of phenolic OH excluding ortho intramolecular Hbond substituents is 2. The molecule has 0 heterocycles. The van der Waals surface area contributed by atoms with Crippen LogP contribution in [0.15, 0.2) is 30.3 Å². The molecule has 3 nitrogen and oxygen atoms in total. The molecule has 25 heavy (non-hydrogen) atoms. The van der Waals surface area contributed by atoms with Gasteiger partial charge >= 0.3 is 0 Å². The Bertz CT molecular complexity index is 735. The molecule has 0 fully saturated rings. The van der Waals surface area contributed by atoms with Crippen LogP contribution in [0.1, 0.15) is 58.2 Å². The highest BCUT2D eigenvalue weighted by atomic mass is 35.5. The minimum Gasteiger partial charge on any atom is -0.508 e. The maximum absolute atomic E-state index is 10.8. The predicted molar refractivity (Wildman–Crippen MR) is 106 cm³/mol. The zero-order valence-electron chi connectivity index (χ0n) is 15.9. The maximum atomic E-state index is 10.8. The Hall–Kier alpha value is -1.87. The van der Waals surface area contributed by atoms with Gasteiger partial charge in [0, 0.05) is 33.9 Å². The van der Waals surface area contributed by atoms with Crippen LogP contribution in [-0.2, 0) is 17.4 Å². The van der Waals surface area contributed by atoms with Crippen molar-refractivity contribution < 1.29 is 10.2 Å². The fourth-order valence-electron chi connectivity index (χ4n) is 2.77. The molecular formula is C21H28ClNO2. The van der Waals surface area contributed by atoms with E-state index in [0.29, 0.717) is 17.3 Å². The van der Waals surface area contributed by atoms with Gasteiger partial charge in [-0.1, -0.05) is 53.1 Å². The predicted octanol–water partition coefficient (Wildman–Crippen LogP) is 5.96. The molecule has 136 valence electrons. The number of anilines is 1. The summed E-state index contributed by atoms with van der Waals surface area (Å²) in [6.07, 6.45) is 0. The zero-order valence-corrected chi connectivity index (χ0v) is 16.6. The molecule has 0 aromatic heterocycles. The van der Waals surface area contributed by atoms with Gasteiger partial charge in [-0.05, 0) is 41.2 Å². The lowest BCUT2D eigenvalue weighted by Gasteiger charge is -2.28. The van der Waals surface area contributed by atoms with Gasteiger partial charge in [-0.15, -0.1) is 0 Å². The van der Waals surface area contributed by atoms with Gasteiger partial charge < -0.3 is 15.5 Å². The summed E-state index contributed by atoms with van der Waals surface area (Å²) in [5, 5.41) is 24.7. The molecule has 2 aromatic rings. The molecule has 0 atom stereocenters. The van der Waals surface area contributed by atoms with Crippen LogP contribution >= 0.6 is 11.6 Å². The van der Waals surface area contributed by atoms with Crippen LogP contribution in [0.3, 0.4) is 0 Å². The van der Waals surface area contributed by atoms with Gasteiger partial charge in [0.25, 0.3) is 0 Å². The molecule has 0 radical (unpaired) electrons. The second kappa shape index (κ2) is 6.80. The first-order valence-corrected chi connectivity index (χ1v) is 8.86. The summed E-state index contributed by atoms with van der Waals surface area (Å²) >= 11 is 6.02. The van der Waals surface area contributed by atoms with Crippen molar-refractivity contribution in [3.8, 4) is 11.5 Å². The first-order valence-electron chi connectivity index (χ1n) is 8.49. The third-order valence-corrected chi connectivity index (χ3v) is 4.49. The highest BCUT2D eigenvalue weighted by Gasteiger charge is 2.26. The number of rotatable bonds is 3. The number of halogens is 1. The van der Waals surface area contributed by atoms with E-state index in [1.807, 2.05) is 12.1 Å². The van der Waals surface area contributed by atoms with Crippen molar-refractivity contribution in [2.45, 2.75) is 58.9 Å². The molecule has 0 aliphatic rings. The van der Waals surface area contributed by atoms with Crippen molar-refractivity contribution in [1.82, 2.24) is 0 Å². The Morgan fingerprint density at radius 1 is 0.880 bits per heavy atom. The number of benzene rings is 2. The van der Waals surface area contributed by atoms with E-state index in [9.17, 15) is 10.2 Å². The van der Waals surface area contributed by atoms with Gasteiger partial charge in [0.05, 0.1) is 0 Å². The lowest BCUT2D eigenvalue weighted by atomic mass is 9.79. The van der Waals surface area contributed by atoms with Crippen molar-refractivity contribution in [2.75, 3.05) is 5.32 Å². The number of aromatic hydroxyl groups is 2. The molecule has 0 bridgehead atoms. The number of hydrogen-bond acceptors (Lipinski definition) is 3. The van der Waals surface area contributed by atoms with Gasteiger partial charge in [-0.25, -0.2) is 0 Å². The van der Waals surface area contributed by atoms with Crippen LogP contribution in [0.2, 0.25) is 5.02 Å². The fourth-order valence-corrected chi connectivity index (χ4v) is 2.97. The molecule has 2 aromatic carbocycles. The largest absolute Gasteiger partial charge is 0.508 e. The third kappa shape index (κ3) is 4.60. The molecule has 0 aliphatic carbocycles. The standard InChI is InChI=1S/C21H28ClNO2/c1-20(2,3)16-10-15(11-17(19(16)25)21(4,5)6)23-12-13-9-14(22)7-8-18(13)24/h7-11,23-25H,12H2,1-6H3. The van der Waals surface area contributed by atoms with Crippen molar-refractivity contribution >= 4 is 17.3 Å². The zero-order chi connectivity index (χ0) is 19.0. The molecule has 0 saturated carbocycles. The van der Waals surface area contributed by atoms with E-state index in [1.54, 1.807) is 18.2 Å². The van der Waals surface area contributed by atoms with E-state index in [1.165, 1.54) is 0 Å². The lowest BCUT2D eigenvalue weighted by molar-refractivity contribution is 0.423. The van der Waals surface area contributed by atoms with Crippen LogP contribution < -0.4 is 5.32 Å². The third-order valence-electron chi connectivity index (χ3n) is 4.25. The second-order valence-corrected chi connectivity index (χ2v) is 8.98. The van der Waals surface area contributed by atoms with Crippen molar-refractivity contribution in [3.05, 3.63) is 52.0 Å². The number of phenols is 2. The first kappa shape index (κ1) is 19.5. The molecule has 0 aliphatic heterocycles. The smallest absolute Gasteiger partial charge is 0.123 e. The summed E-state index contributed by atoms with van der Waals surface area (Å²) < 4.78 is 0. The topological polar surface area (TPSA) is 52.5 Å². The molecule has 2 rings (SSSR count). The van der Waals surface area contributed by atoms with Crippen LogP contribution in [-0.4, -0.2) is 10.2 Å². The first-order chi connectivity index (χ1) is 11.4. The molecule has 0 saturated heterocycles. The molecular weight excluding hydrogens is 334 g/mol. The Morgan fingerprint density at radius 3 is 1.88 bits per heavy atom. The molecule has 0 unspecified atom stereocenters. The van der Waals surface area contributed by atoms with Gasteiger partial charge in [-0.2, -0.15) is 0 Å². The average molecular weight is 362 g/mol. The summed E-state index contributed by atoms with van der Waals surface area (Å²) in [5.74, 6) is 0.568. The lowest BCUT2D eigenvalue weighted by Crippen LogP contribution is -2.18. The van der Waals surface area contributed by atoms with Crippen LogP contribution in [0.5, 0.6) is 11.5 Å². The molecule has 3 N–H and O–H groups in total. The van der Waals surface area contributed by atoms with E-state index >= 15 is 0 Å². The number of hydrogen-bond donors (Lipinski definition) is 3. The van der Waals surface area contributed by atoms with Crippen LogP contribution in [0, 0.1) is 0 Å². The van der Waals surface area contributed by atoms with E-state index in [2.05, 4.69) is 46.9 Å². The summed E-state index contributed by atoms with van der Waals surface area (Å²) in [6.45, 7) is 13.0. The Labute approximate surface area is 155 Å². The van der Waals surface area contributed by atoms with Crippen LogP contribution in [0.4, 0.5) is 5.69 Å². The summed E-state index contributed by atoms with van der Waals surface area (Å²) in [6, 6.07) is 8.96. The van der Waals surface area contributed by atoms with Crippen molar-refractivity contribution in [3.63, 3.8) is 0 Å². The van der Waals surface area contributed by atoms with Gasteiger partial charge in [0.15, 0.2) is 0 Å². The molecule has 4 heteroatoms. The average Bonchev–Trinajstić information content (AvgIpc) is 2.47. The van der Waals surface area contributed by atoms with Crippen LogP contribution in [0.25, 0.3) is 0 Å². The van der Waals surface area contributed by atoms with E-state index in [-0.39, 0.29) is 16.6 Å². The minimum atomic E-state index is -0.181. The molecule has 0 spiro atoms. The van der Waals surface area contributed by atoms with Gasteiger partial charge in [0.1, 0.15) is 11.5 Å². The second-order valence-electron chi connectivity index (χ2n) is 8.55. The van der Waals surface area contributed by atoms with Gasteiger partial charge in [-0.3, -0.25) is 0 Å².